The molecule has 1 aromatic carbocycles. The summed E-state index contributed by atoms with van der Waals surface area (Å²) >= 11 is 0. The number of carbonyl (C=O) groups excluding carboxylic acids is 1. The normalized spacial score (nSPS) is 27.3. The van der Waals surface area contributed by atoms with Crippen molar-refractivity contribution in [2.75, 3.05) is 26.2 Å². The quantitative estimate of drug-likeness (QED) is 0.894. The molecule has 1 N–H and O–H groups in total. The highest BCUT2D eigenvalue weighted by atomic mass is 16.3. The van der Waals surface area contributed by atoms with E-state index in [1.807, 2.05) is 30.3 Å². The van der Waals surface area contributed by atoms with E-state index in [0.29, 0.717) is 6.42 Å². The average molecular weight is 327 g/mol. The molecule has 0 bridgehead atoms. The van der Waals surface area contributed by atoms with Crippen LogP contribution in [0.15, 0.2) is 30.3 Å². The zero-order valence-corrected chi connectivity index (χ0v) is 14.0. The van der Waals surface area contributed by atoms with E-state index in [-0.39, 0.29) is 24.5 Å². The van der Waals surface area contributed by atoms with E-state index in [9.17, 15) is 15.2 Å². The van der Waals surface area contributed by atoms with Crippen LogP contribution in [0.3, 0.4) is 0 Å². The monoisotopic (exact) mass is 327 g/mol. The van der Waals surface area contributed by atoms with Gasteiger partial charge >= 0.3 is 0 Å². The zero-order valence-electron chi connectivity index (χ0n) is 14.0. The number of likely N-dealkylation sites (tertiary alicyclic amines) is 2. The molecule has 1 aromatic rings. The summed E-state index contributed by atoms with van der Waals surface area (Å²) in [5, 5.41) is 19.3. The van der Waals surface area contributed by atoms with Crippen molar-refractivity contribution in [3.63, 3.8) is 0 Å². The first-order chi connectivity index (χ1) is 11.8. The van der Waals surface area contributed by atoms with Crippen LogP contribution in [-0.2, 0) is 4.79 Å². The van der Waals surface area contributed by atoms with E-state index in [0.717, 1.165) is 25.2 Å². The summed E-state index contributed by atoms with van der Waals surface area (Å²) in [6.07, 6.45) is 4.11. The summed E-state index contributed by atoms with van der Waals surface area (Å²) in [5.74, 6) is -0.113. The van der Waals surface area contributed by atoms with Crippen LogP contribution < -0.4 is 0 Å². The smallest absolute Gasteiger partial charge is 0.225 e. The highest BCUT2D eigenvalue weighted by Crippen LogP contribution is 2.40. The number of benzene rings is 1. The Morgan fingerprint density at radius 1 is 1.21 bits per heavy atom. The Kier molecular flexibility index (Phi) is 5.49. The molecule has 2 fully saturated rings. The maximum Gasteiger partial charge on any atom is 0.225 e. The summed E-state index contributed by atoms with van der Waals surface area (Å²) in [7, 11) is 0. The minimum Gasteiger partial charge on any atom is -0.394 e. The number of aliphatic hydroxyl groups is 1. The van der Waals surface area contributed by atoms with Gasteiger partial charge in [-0.05, 0) is 31.5 Å². The first-order valence-corrected chi connectivity index (χ1v) is 8.85. The zero-order chi connectivity index (χ0) is 16.9. The Labute approximate surface area is 143 Å². The van der Waals surface area contributed by atoms with Gasteiger partial charge in [0.15, 0.2) is 0 Å². The molecule has 0 unspecified atom stereocenters. The summed E-state index contributed by atoms with van der Waals surface area (Å²) in [4.78, 5) is 16.5. The second kappa shape index (κ2) is 7.78. The maximum absolute atomic E-state index is 12.6. The fraction of sp³-hybridized carbons (Fsp3) is 0.579. The van der Waals surface area contributed by atoms with Crippen molar-refractivity contribution >= 4 is 5.91 Å². The molecule has 0 spiro atoms. The molecular weight excluding hydrogens is 302 g/mol. The van der Waals surface area contributed by atoms with Crippen molar-refractivity contribution in [1.82, 2.24) is 9.80 Å². The Bertz CT molecular complexity index is 592. The van der Waals surface area contributed by atoms with Crippen molar-refractivity contribution in [3.05, 3.63) is 35.9 Å². The van der Waals surface area contributed by atoms with Crippen molar-refractivity contribution < 1.29 is 9.90 Å². The first kappa shape index (κ1) is 16.9. The van der Waals surface area contributed by atoms with Crippen LogP contribution in [-0.4, -0.2) is 59.1 Å². The summed E-state index contributed by atoms with van der Waals surface area (Å²) in [6.45, 7) is 2.77. The predicted octanol–water partition coefficient (Wildman–Crippen LogP) is 1.74. The lowest BCUT2D eigenvalue weighted by atomic mass is 9.75. The van der Waals surface area contributed by atoms with E-state index in [2.05, 4.69) is 11.0 Å². The second-order valence-corrected chi connectivity index (χ2v) is 6.71. The molecule has 3 rings (SSSR count). The number of rotatable bonds is 5. The molecule has 128 valence electrons. The van der Waals surface area contributed by atoms with Crippen LogP contribution in [0.5, 0.6) is 0 Å². The standard InChI is InChI=1S/C19H25N3O2/c20-13-16-19(15-7-3-1-4-8-15)17(14-23)22(16)18(24)9-12-21-10-5-2-6-11-21/h1,3-4,7-8,16-17,19,23H,2,5-6,9-12,14H2/t16-,17-,19+/m0/s1. The van der Waals surface area contributed by atoms with Gasteiger partial charge in [-0.1, -0.05) is 36.8 Å². The van der Waals surface area contributed by atoms with Gasteiger partial charge in [0.25, 0.3) is 0 Å². The molecule has 0 aromatic heterocycles. The van der Waals surface area contributed by atoms with Crippen molar-refractivity contribution in [3.8, 4) is 6.07 Å². The SMILES string of the molecule is N#C[C@H]1[C@@H](c2ccccc2)[C@H](CO)N1C(=O)CCN1CCCCC1. The molecule has 5 heteroatoms. The third-order valence-electron chi connectivity index (χ3n) is 5.29. The number of amides is 1. The number of nitriles is 1. The van der Waals surface area contributed by atoms with Crippen molar-refractivity contribution in [1.29, 1.82) is 5.26 Å². The number of hydrogen-bond donors (Lipinski definition) is 1. The van der Waals surface area contributed by atoms with Gasteiger partial charge in [-0.2, -0.15) is 5.26 Å². The highest BCUT2D eigenvalue weighted by molar-refractivity contribution is 5.79. The predicted molar refractivity (Wildman–Crippen MR) is 91.2 cm³/mol. The molecule has 2 saturated heterocycles. The Balaban J connectivity index is 1.64. The van der Waals surface area contributed by atoms with Crippen LogP contribution >= 0.6 is 0 Å². The molecule has 0 radical (unpaired) electrons. The summed E-state index contributed by atoms with van der Waals surface area (Å²) in [6, 6.07) is 11.2. The molecule has 5 nitrogen and oxygen atoms in total. The van der Waals surface area contributed by atoms with Crippen LogP contribution in [0.25, 0.3) is 0 Å². The molecular formula is C19H25N3O2. The van der Waals surface area contributed by atoms with Crippen LogP contribution in [0.4, 0.5) is 0 Å². The van der Waals surface area contributed by atoms with Gasteiger partial charge in [-0.25, -0.2) is 0 Å². The van der Waals surface area contributed by atoms with Gasteiger partial charge in [-0.3, -0.25) is 4.79 Å². The Hall–Kier alpha value is -1.90. The lowest BCUT2D eigenvalue weighted by Gasteiger charge is -2.51. The van der Waals surface area contributed by atoms with Gasteiger partial charge in [0.1, 0.15) is 6.04 Å². The lowest BCUT2D eigenvalue weighted by Crippen LogP contribution is -2.65. The lowest BCUT2D eigenvalue weighted by molar-refractivity contribution is -0.147. The molecule has 0 aliphatic carbocycles. The third-order valence-corrected chi connectivity index (χ3v) is 5.29. The first-order valence-electron chi connectivity index (χ1n) is 8.85. The number of piperidine rings is 1. The largest absolute Gasteiger partial charge is 0.394 e. The van der Waals surface area contributed by atoms with Gasteiger partial charge in [0.05, 0.1) is 18.7 Å². The van der Waals surface area contributed by atoms with Crippen LogP contribution in [0.1, 0.15) is 37.2 Å². The molecule has 2 heterocycles. The van der Waals surface area contributed by atoms with Crippen LogP contribution in [0, 0.1) is 11.3 Å². The van der Waals surface area contributed by atoms with E-state index in [4.69, 9.17) is 0 Å². The second-order valence-electron chi connectivity index (χ2n) is 6.71. The molecule has 2 aliphatic rings. The topological polar surface area (TPSA) is 67.6 Å². The van der Waals surface area contributed by atoms with E-state index in [1.165, 1.54) is 19.3 Å². The van der Waals surface area contributed by atoms with Gasteiger partial charge < -0.3 is 14.9 Å². The minimum atomic E-state index is -0.474. The van der Waals surface area contributed by atoms with E-state index >= 15 is 0 Å². The molecule has 0 saturated carbocycles. The molecule has 2 aliphatic heterocycles. The number of nitrogens with zero attached hydrogens (tertiary/aromatic N) is 3. The van der Waals surface area contributed by atoms with Crippen molar-refractivity contribution in [2.45, 2.75) is 43.7 Å². The van der Waals surface area contributed by atoms with Gasteiger partial charge in [-0.15, -0.1) is 0 Å². The highest BCUT2D eigenvalue weighted by Gasteiger charge is 2.51. The number of hydrogen-bond acceptors (Lipinski definition) is 4. The summed E-state index contributed by atoms with van der Waals surface area (Å²) in [5.41, 5.74) is 1.02. The van der Waals surface area contributed by atoms with E-state index < -0.39 is 6.04 Å². The Morgan fingerprint density at radius 3 is 2.54 bits per heavy atom. The fourth-order valence-electron chi connectivity index (χ4n) is 3.99. The third kappa shape index (κ3) is 3.31. The Morgan fingerprint density at radius 2 is 1.92 bits per heavy atom. The minimum absolute atomic E-state index is 0.0154. The van der Waals surface area contributed by atoms with Gasteiger partial charge in [0, 0.05) is 18.9 Å². The fourth-order valence-corrected chi connectivity index (χ4v) is 3.99. The summed E-state index contributed by atoms with van der Waals surface area (Å²) < 4.78 is 0. The molecule has 1 amide bonds. The molecule has 24 heavy (non-hydrogen) atoms. The van der Waals surface area contributed by atoms with Crippen molar-refractivity contribution in [2.24, 2.45) is 0 Å². The molecule has 3 atom stereocenters. The number of aliphatic hydroxyl groups excluding tert-OH is 1. The maximum atomic E-state index is 12.6. The van der Waals surface area contributed by atoms with E-state index in [1.54, 1.807) is 4.90 Å². The average Bonchev–Trinajstić information content (AvgIpc) is 2.61. The van der Waals surface area contributed by atoms with Gasteiger partial charge in [0.2, 0.25) is 5.91 Å². The van der Waals surface area contributed by atoms with Crippen LogP contribution in [0.2, 0.25) is 0 Å². The number of carbonyl (C=O) groups is 1.